The van der Waals surface area contributed by atoms with E-state index in [0.29, 0.717) is 5.69 Å². The van der Waals surface area contributed by atoms with E-state index >= 15 is 0 Å². The molecule has 0 radical (unpaired) electrons. The van der Waals surface area contributed by atoms with Crippen molar-refractivity contribution in [3.63, 3.8) is 0 Å². The molecule has 2 aromatic heterocycles. The van der Waals surface area contributed by atoms with Crippen LogP contribution in [0.5, 0.6) is 0 Å². The van der Waals surface area contributed by atoms with Gasteiger partial charge in [0, 0.05) is 22.8 Å². The fourth-order valence-electron chi connectivity index (χ4n) is 2.65. The molecule has 2 heterocycles. The topological polar surface area (TPSA) is 95.7 Å². The summed E-state index contributed by atoms with van der Waals surface area (Å²) in [6.07, 6.45) is 1.51. The van der Waals surface area contributed by atoms with Gasteiger partial charge in [-0.05, 0) is 43.7 Å². The van der Waals surface area contributed by atoms with E-state index in [1.165, 1.54) is 6.20 Å². The highest BCUT2D eigenvalue weighted by molar-refractivity contribution is 6.16. The molecule has 0 bridgehead atoms. The van der Waals surface area contributed by atoms with E-state index in [-0.39, 0.29) is 11.4 Å². The van der Waals surface area contributed by atoms with Crippen molar-refractivity contribution < 1.29 is 9.59 Å². The number of nitrogens with zero attached hydrogens (tertiary/aromatic N) is 3. The first kappa shape index (κ1) is 17.2. The molecule has 1 amide bonds. The first-order chi connectivity index (χ1) is 12.5. The van der Waals surface area contributed by atoms with Gasteiger partial charge in [-0.2, -0.15) is 5.26 Å². The minimum absolute atomic E-state index is 0.268. The van der Waals surface area contributed by atoms with Crippen molar-refractivity contribution in [2.24, 2.45) is 5.92 Å². The molecule has 3 aromatic rings. The van der Waals surface area contributed by atoms with Gasteiger partial charge in [0.15, 0.2) is 11.7 Å². The number of ketones is 1. The summed E-state index contributed by atoms with van der Waals surface area (Å²) < 4.78 is 0. The van der Waals surface area contributed by atoms with E-state index in [1.807, 2.05) is 25.1 Å². The molecule has 1 aromatic carbocycles. The SMILES string of the molecule is Cc1ccc2cc(C(=O)C(C#N)C(=O)Nc3ccccn3)c(C)nc2c1. The number of hydrogen-bond donors (Lipinski definition) is 1. The second-order valence-corrected chi connectivity index (χ2v) is 5.95. The summed E-state index contributed by atoms with van der Waals surface area (Å²) in [4.78, 5) is 33.6. The smallest absolute Gasteiger partial charge is 0.250 e. The van der Waals surface area contributed by atoms with Crippen molar-refractivity contribution in [1.29, 1.82) is 5.26 Å². The largest absolute Gasteiger partial charge is 0.309 e. The minimum atomic E-state index is -1.47. The number of hydrogen-bond acceptors (Lipinski definition) is 5. The molecule has 0 saturated carbocycles. The van der Waals surface area contributed by atoms with Crippen molar-refractivity contribution in [2.45, 2.75) is 13.8 Å². The highest BCUT2D eigenvalue weighted by atomic mass is 16.2. The van der Waals surface area contributed by atoms with Crippen LogP contribution in [0.2, 0.25) is 0 Å². The third kappa shape index (κ3) is 3.42. The molecule has 0 aliphatic heterocycles. The van der Waals surface area contributed by atoms with Crippen molar-refractivity contribution in [3.05, 3.63) is 65.5 Å². The molecular weight excluding hydrogens is 328 g/mol. The third-order valence-corrected chi connectivity index (χ3v) is 4.00. The number of carbonyl (C=O) groups excluding carboxylic acids is 2. The lowest BCUT2D eigenvalue weighted by Crippen LogP contribution is -2.29. The van der Waals surface area contributed by atoms with Crippen LogP contribution in [0.15, 0.2) is 48.7 Å². The van der Waals surface area contributed by atoms with Gasteiger partial charge in [-0.25, -0.2) is 4.98 Å². The summed E-state index contributed by atoms with van der Waals surface area (Å²) in [5, 5.41) is 12.7. The van der Waals surface area contributed by atoms with Crippen LogP contribution < -0.4 is 5.32 Å². The highest BCUT2D eigenvalue weighted by Crippen LogP contribution is 2.21. The number of Topliss-reactive ketones (excluding diaryl/α,β-unsaturated/α-hetero) is 1. The normalized spacial score (nSPS) is 11.6. The third-order valence-electron chi connectivity index (χ3n) is 4.00. The van der Waals surface area contributed by atoms with E-state index in [4.69, 9.17) is 0 Å². The summed E-state index contributed by atoms with van der Waals surface area (Å²) >= 11 is 0. The lowest BCUT2D eigenvalue weighted by molar-refractivity contribution is -0.117. The Morgan fingerprint density at radius 1 is 1.15 bits per heavy atom. The standard InChI is InChI=1S/C20H16N4O2/c1-12-6-7-14-10-15(13(2)23-17(14)9-12)19(25)16(11-21)20(26)24-18-5-3-4-8-22-18/h3-10,16H,1-2H3,(H,22,24,26). The van der Waals surface area contributed by atoms with Gasteiger partial charge in [-0.1, -0.05) is 18.2 Å². The summed E-state index contributed by atoms with van der Waals surface area (Å²) in [7, 11) is 0. The zero-order valence-corrected chi connectivity index (χ0v) is 14.4. The zero-order chi connectivity index (χ0) is 18.7. The fourth-order valence-corrected chi connectivity index (χ4v) is 2.65. The van der Waals surface area contributed by atoms with Gasteiger partial charge in [-0.15, -0.1) is 0 Å². The van der Waals surface area contributed by atoms with E-state index in [1.54, 1.807) is 37.3 Å². The maximum Gasteiger partial charge on any atom is 0.250 e. The number of carbonyl (C=O) groups is 2. The van der Waals surface area contributed by atoms with Crippen LogP contribution in [-0.4, -0.2) is 21.7 Å². The Morgan fingerprint density at radius 3 is 2.65 bits per heavy atom. The van der Waals surface area contributed by atoms with Crippen molar-refractivity contribution in [3.8, 4) is 6.07 Å². The molecule has 1 N–H and O–H groups in total. The Morgan fingerprint density at radius 2 is 1.96 bits per heavy atom. The number of nitrogens with one attached hydrogen (secondary N) is 1. The quantitative estimate of drug-likeness (QED) is 0.579. The van der Waals surface area contributed by atoms with Gasteiger partial charge in [0.25, 0.3) is 5.91 Å². The van der Waals surface area contributed by atoms with Crippen LogP contribution in [0.3, 0.4) is 0 Å². The number of nitriles is 1. The second-order valence-electron chi connectivity index (χ2n) is 5.95. The lowest BCUT2D eigenvalue weighted by Gasteiger charge is -2.11. The summed E-state index contributed by atoms with van der Waals surface area (Å²) in [5.74, 6) is -2.47. The summed E-state index contributed by atoms with van der Waals surface area (Å²) in [5.41, 5.74) is 2.58. The monoisotopic (exact) mass is 344 g/mol. The molecule has 0 aliphatic rings. The molecule has 26 heavy (non-hydrogen) atoms. The molecular formula is C20H16N4O2. The molecule has 1 unspecified atom stereocenters. The molecule has 3 rings (SSSR count). The molecule has 6 nitrogen and oxygen atoms in total. The van der Waals surface area contributed by atoms with Gasteiger partial charge in [0.05, 0.1) is 11.6 Å². The molecule has 0 aliphatic carbocycles. The van der Waals surface area contributed by atoms with E-state index in [2.05, 4.69) is 15.3 Å². The number of anilines is 1. The number of fused-ring (bicyclic) bond motifs is 1. The molecule has 128 valence electrons. The van der Waals surface area contributed by atoms with Crippen molar-refractivity contribution in [1.82, 2.24) is 9.97 Å². The predicted octanol–water partition coefficient (Wildman–Crippen LogP) is 3.21. The Balaban J connectivity index is 1.92. The number of pyridine rings is 2. The predicted molar refractivity (Wildman–Crippen MR) is 97.5 cm³/mol. The average Bonchev–Trinajstić information content (AvgIpc) is 2.62. The van der Waals surface area contributed by atoms with Crippen LogP contribution in [-0.2, 0) is 4.79 Å². The van der Waals surface area contributed by atoms with Crippen LogP contribution >= 0.6 is 0 Å². The zero-order valence-electron chi connectivity index (χ0n) is 14.4. The molecule has 6 heteroatoms. The van der Waals surface area contributed by atoms with Gasteiger partial charge < -0.3 is 5.32 Å². The van der Waals surface area contributed by atoms with Gasteiger partial charge in [0.1, 0.15) is 5.82 Å². The Kier molecular flexibility index (Phi) is 4.72. The number of aryl methyl sites for hydroxylation is 2. The lowest BCUT2D eigenvalue weighted by atomic mass is 9.95. The Hall–Kier alpha value is -3.59. The van der Waals surface area contributed by atoms with E-state index < -0.39 is 17.6 Å². The molecule has 1 atom stereocenters. The van der Waals surface area contributed by atoms with E-state index in [0.717, 1.165) is 16.5 Å². The van der Waals surface area contributed by atoms with Gasteiger partial charge in [-0.3, -0.25) is 14.6 Å². The van der Waals surface area contributed by atoms with Crippen LogP contribution in [0.25, 0.3) is 10.9 Å². The molecule has 0 saturated heterocycles. The Bertz CT molecular complexity index is 1040. The van der Waals surface area contributed by atoms with Crippen LogP contribution in [0.4, 0.5) is 5.82 Å². The number of aromatic nitrogens is 2. The fraction of sp³-hybridized carbons (Fsp3) is 0.150. The average molecular weight is 344 g/mol. The number of benzene rings is 1. The van der Waals surface area contributed by atoms with Crippen molar-refractivity contribution >= 4 is 28.4 Å². The van der Waals surface area contributed by atoms with Gasteiger partial charge >= 0.3 is 0 Å². The minimum Gasteiger partial charge on any atom is -0.309 e. The maximum absolute atomic E-state index is 12.8. The number of amides is 1. The first-order valence-corrected chi connectivity index (χ1v) is 8.03. The second kappa shape index (κ2) is 7.11. The maximum atomic E-state index is 12.8. The van der Waals surface area contributed by atoms with Crippen LogP contribution in [0, 0.1) is 31.1 Å². The number of rotatable bonds is 4. The Labute approximate surface area is 150 Å². The summed E-state index contributed by atoms with van der Waals surface area (Å²) in [6, 6.07) is 14.2. The van der Waals surface area contributed by atoms with E-state index in [9.17, 15) is 14.9 Å². The van der Waals surface area contributed by atoms with Gasteiger partial charge in [0.2, 0.25) is 0 Å². The highest BCUT2D eigenvalue weighted by Gasteiger charge is 2.29. The van der Waals surface area contributed by atoms with Crippen molar-refractivity contribution in [2.75, 3.05) is 5.32 Å². The molecule has 0 spiro atoms. The first-order valence-electron chi connectivity index (χ1n) is 8.03. The summed E-state index contributed by atoms with van der Waals surface area (Å²) in [6.45, 7) is 3.66. The van der Waals surface area contributed by atoms with Crippen LogP contribution in [0.1, 0.15) is 21.6 Å². The molecule has 0 fully saturated rings.